The van der Waals surface area contributed by atoms with Crippen LogP contribution in [0.25, 0.3) is 0 Å². The third kappa shape index (κ3) is 2.96. The first-order chi connectivity index (χ1) is 8.17. The zero-order valence-electron chi connectivity index (χ0n) is 13.0. The molecule has 0 bridgehead atoms. The number of aryl methyl sites for hydroxylation is 1. The van der Waals surface area contributed by atoms with E-state index >= 15 is 0 Å². The van der Waals surface area contributed by atoms with E-state index < -0.39 is 0 Å². The summed E-state index contributed by atoms with van der Waals surface area (Å²) in [6.07, 6.45) is 5.11. The first-order valence-electron chi connectivity index (χ1n) is 7.32. The number of fused-ring (bicyclic) bond motifs is 1. The Balaban J connectivity index is 2.46. The zero-order chi connectivity index (χ0) is 13.6. The summed E-state index contributed by atoms with van der Waals surface area (Å²) in [6.45, 7) is 14.0. The lowest BCUT2D eigenvalue weighted by Crippen LogP contribution is -2.16. The highest BCUT2D eigenvalue weighted by Crippen LogP contribution is 2.35. The molecule has 1 aliphatic carbocycles. The molecule has 0 aliphatic heterocycles. The van der Waals surface area contributed by atoms with Gasteiger partial charge in [-0.25, -0.2) is 0 Å². The van der Waals surface area contributed by atoms with Gasteiger partial charge in [0.2, 0.25) is 0 Å². The van der Waals surface area contributed by atoms with Gasteiger partial charge in [-0.3, -0.25) is 0 Å². The first-order valence-corrected chi connectivity index (χ1v) is 7.32. The van der Waals surface area contributed by atoms with Gasteiger partial charge >= 0.3 is 0 Å². The van der Waals surface area contributed by atoms with Gasteiger partial charge in [-0.15, -0.1) is 0 Å². The average molecular weight is 244 g/mol. The summed E-state index contributed by atoms with van der Waals surface area (Å²) >= 11 is 0. The summed E-state index contributed by atoms with van der Waals surface area (Å²) < 4.78 is 0. The molecule has 0 saturated heterocycles. The van der Waals surface area contributed by atoms with Crippen molar-refractivity contribution in [3.05, 3.63) is 34.4 Å². The molecule has 1 aromatic rings. The van der Waals surface area contributed by atoms with E-state index in [1.807, 2.05) is 0 Å². The Morgan fingerprint density at radius 2 is 1.61 bits per heavy atom. The Morgan fingerprint density at radius 1 is 0.944 bits per heavy atom. The van der Waals surface area contributed by atoms with E-state index in [0.29, 0.717) is 5.41 Å². The maximum absolute atomic E-state index is 2.48. The van der Waals surface area contributed by atoms with Crippen molar-refractivity contribution in [1.82, 2.24) is 0 Å². The molecule has 0 heteroatoms. The number of hydrogen-bond donors (Lipinski definition) is 0. The molecule has 0 aromatic heterocycles. The third-order valence-electron chi connectivity index (χ3n) is 3.82. The summed E-state index contributed by atoms with van der Waals surface area (Å²) in [4.78, 5) is 0. The number of rotatable bonds is 1. The molecule has 2 rings (SSSR count). The second kappa shape index (κ2) is 4.40. The largest absolute Gasteiger partial charge is 0.0599 e. The summed E-state index contributed by atoms with van der Waals surface area (Å²) in [7, 11) is 0. The topological polar surface area (TPSA) is 0 Å². The average Bonchev–Trinajstić information content (AvgIpc) is 2.59. The van der Waals surface area contributed by atoms with Gasteiger partial charge in [-0.2, -0.15) is 0 Å². The Bertz CT molecular complexity index is 438. The minimum absolute atomic E-state index is 0.280. The molecule has 0 unspecified atom stereocenters. The Morgan fingerprint density at radius 3 is 2.17 bits per heavy atom. The van der Waals surface area contributed by atoms with Crippen molar-refractivity contribution in [3.8, 4) is 0 Å². The van der Waals surface area contributed by atoms with E-state index in [-0.39, 0.29) is 5.41 Å². The lowest BCUT2D eigenvalue weighted by molar-refractivity contribution is 0.410. The monoisotopic (exact) mass is 244 g/mol. The van der Waals surface area contributed by atoms with Crippen molar-refractivity contribution in [2.45, 2.75) is 72.6 Å². The lowest BCUT2D eigenvalue weighted by atomic mass is 9.79. The van der Waals surface area contributed by atoms with Crippen LogP contribution in [0.4, 0.5) is 0 Å². The molecule has 0 spiro atoms. The van der Waals surface area contributed by atoms with Gasteiger partial charge in [-0.05, 0) is 58.8 Å². The van der Waals surface area contributed by atoms with Crippen molar-refractivity contribution < 1.29 is 0 Å². The van der Waals surface area contributed by atoms with Gasteiger partial charge in [0.1, 0.15) is 0 Å². The van der Waals surface area contributed by atoms with Crippen LogP contribution in [0.3, 0.4) is 0 Å². The fraction of sp³-hybridized carbons (Fsp3) is 0.667. The quantitative estimate of drug-likeness (QED) is 0.647. The fourth-order valence-corrected chi connectivity index (χ4v) is 3.16. The van der Waals surface area contributed by atoms with Crippen LogP contribution >= 0.6 is 0 Å². The van der Waals surface area contributed by atoms with Gasteiger partial charge in [-0.1, -0.05) is 53.7 Å². The van der Waals surface area contributed by atoms with Crippen molar-refractivity contribution in [1.29, 1.82) is 0 Å². The zero-order valence-corrected chi connectivity index (χ0v) is 13.0. The van der Waals surface area contributed by atoms with E-state index in [1.165, 1.54) is 31.2 Å². The fourth-order valence-electron chi connectivity index (χ4n) is 3.16. The molecular formula is C18H28. The van der Waals surface area contributed by atoms with Gasteiger partial charge in [0.25, 0.3) is 0 Å². The summed E-state index contributed by atoms with van der Waals surface area (Å²) in [5.74, 6) is 0. The molecule has 0 atom stereocenters. The SMILES string of the molecule is CC(C)(C)Cc1cc2c(c(C(C)(C)C)c1)CCC2. The maximum Gasteiger partial charge on any atom is -0.0129 e. The van der Waals surface area contributed by atoms with Gasteiger partial charge in [0, 0.05) is 0 Å². The molecule has 0 saturated carbocycles. The maximum atomic E-state index is 2.48. The molecule has 1 aromatic carbocycles. The molecule has 0 fully saturated rings. The number of hydrogen-bond acceptors (Lipinski definition) is 0. The van der Waals surface area contributed by atoms with E-state index in [0.717, 1.165) is 0 Å². The van der Waals surface area contributed by atoms with E-state index in [1.54, 1.807) is 16.7 Å². The molecular weight excluding hydrogens is 216 g/mol. The molecule has 1 aliphatic rings. The Labute approximate surface area is 113 Å². The second-order valence-corrected chi connectivity index (χ2v) is 8.12. The van der Waals surface area contributed by atoms with Crippen LogP contribution < -0.4 is 0 Å². The highest BCUT2D eigenvalue weighted by atomic mass is 14.3. The summed E-state index contributed by atoms with van der Waals surface area (Å²) in [5, 5.41) is 0. The van der Waals surface area contributed by atoms with Crippen molar-refractivity contribution >= 4 is 0 Å². The minimum Gasteiger partial charge on any atom is -0.0599 e. The Hall–Kier alpha value is -0.780. The molecule has 0 heterocycles. The third-order valence-corrected chi connectivity index (χ3v) is 3.82. The van der Waals surface area contributed by atoms with Gasteiger partial charge in [0.05, 0.1) is 0 Å². The van der Waals surface area contributed by atoms with Gasteiger partial charge in [0.15, 0.2) is 0 Å². The Kier molecular flexibility index (Phi) is 3.34. The minimum atomic E-state index is 0.280. The summed E-state index contributed by atoms with van der Waals surface area (Å²) in [6, 6.07) is 4.96. The second-order valence-electron chi connectivity index (χ2n) is 8.12. The molecule has 0 N–H and O–H groups in total. The lowest BCUT2D eigenvalue weighted by Gasteiger charge is -2.26. The highest BCUT2D eigenvalue weighted by Gasteiger charge is 2.24. The molecule has 0 nitrogen and oxygen atoms in total. The van der Waals surface area contributed by atoms with Crippen LogP contribution in [0.5, 0.6) is 0 Å². The van der Waals surface area contributed by atoms with Crippen LogP contribution in [0.2, 0.25) is 0 Å². The van der Waals surface area contributed by atoms with Gasteiger partial charge < -0.3 is 0 Å². The van der Waals surface area contributed by atoms with Crippen molar-refractivity contribution in [3.63, 3.8) is 0 Å². The highest BCUT2D eigenvalue weighted by molar-refractivity contribution is 5.45. The molecule has 100 valence electrons. The standard InChI is InChI=1S/C18H28/c1-17(2,3)12-13-10-14-8-7-9-15(14)16(11-13)18(4,5)6/h10-11H,7-9,12H2,1-6H3. The van der Waals surface area contributed by atoms with Crippen molar-refractivity contribution in [2.75, 3.05) is 0 Å². The first kappa shape index (κ1) is 13.6. The molecule has 18 heavy (non-hydrogen) atoms. The predicted octanol–water partition coefficient (Wildman–Crippen LogP) is 5.06. The summed E-state index contributed by atoms with van der Waals surface area (Å²) in [5.41, 5.74) is 7.07. The van der Waals surface area contributed by atoms with Crippen LogP contribution in [0.1, 0.15) is 70.2 Å². The normalized spacial score (nSPS) is 15.9. The molecule has 0 amide bonds. The number of benzene rings is 1. The smallest absolute Gasteiger partial charge is 0.0129 e. The van der Waals surface area contributed by atoms with Crippen molar-refractivity contribution in [2.24, 2.45) is 5.41 Å². The van der Waals surface area contributed by atoms with Crippen LogP contribution in [-0.4, -0.2) is 0 Å². The molecule has 0 radical (unpaired) electrons. The van der Waals surface area contributed by atoms with Crippen LogP contribution in [0, 0.1) is 5.41 Å². The van der Waals surface area contributed by atoms with Crippen LogP contribution in [0.15, 0.2) is 12.1 Å². The predicted molar refractivity (Wildman–Crippen MR) is 80.3 cm³/mol. The van der Waals surface area contributed by atoms with E-state index in [2.05, 4.69) is 53.7 Å². The van der Waals surface area contributed by atoms with E-state index in [4.69, 9.17) is 0 Å². The van der Waals surface area contributed by atoms with Crippen LogP contribution in [-0.2, 0) is 24.7 Å². The van der Waals surface area contributed by atoms with E-state index in [9.17, 15) is 0 Å².